The van der Waals surface area contributed by atoms with Crippen LogP contribution in [-0.2, 0) is 4.79 Å². The molecule has 4 nitrogen and oxygen atoms in total. The summed E-state index contributed by atoms with van der Waals surface area (Å²) in [7, 11) is 1.64. The molecule has 0 saturated heterocycles. The summed E-state index contributed by atoms with van der Waals surface area (Å²) in [5.41, 5.74) is 1.06. The van der Waals surface area contributed by atoms with Crippen molar-refractivity contribution in [1.82, 2.24) is 5.32 Å². The highest BCUT2D eigenvalue weighted by molar-refractivity contribution is 9.10. The van der Waals surface area contributed by atoms with Crippen LogP contribution < -0.4 is 14.8 Å². The summed E-state index contributed by atoms with van der Waals surface area (Å²) in [4.78, 5) is 12.6. The summed E-state index contributed by atoms with van der Waals surface area (Å²) >= 11 is 3.60. The zero-order chi connectivity index (χ0) is 20.8. The Bertz CT molecular complexity index is 970. The van der Waals surface area contributed by atoms with E-state index in [2.05, 4.69) is 35.1 Å². The third-order valence-electron chi connectivity index (χ3n) is 4.75. The van der Waals surface area contributed by atoms with Gasteiger partial charge in [-0.2, -0.15) is 0 Å². The number of fused-ring (bicyclic) bond motifs is 1. The predicted octanol–water partition coefficient (Wildman–Crippen LogP) is 5.89. The number of nitrogens with one attached hydrogen (secondary N) is 1. The molecule has 1 unspecified atom stereocenters. The summed E-state index contributed by atoms with van der Waals surface area (Å²) in [5, 5.41) is 5.28. The van der Waals surface area contributed by atoms with E-state index in [4.69, 9.17) is 9.47 Å². The van der Waals surface area contributed by atoms with Crippen LogP contribution >= 0.6 is 15.9 Å². The Morgan fingerprint density at radius 2 is 1.76 bits per heavy atom. The van der Waals surface area contributed by atoms with Crippen molar-refractivity contribution in [2.45, 2.75) is 26.3 Å². The lowest BCUT2D eigenvalue weighted by Crippen LogP contribution is -2.33. The van der Waals surface area contributed by atoms with Gasteiger partial charge in [0.15, 0.2) is 6.61 Å². The smallest absolute Gasteiger partial charge is 0.258 e. The van der Waals surface area contributed by atoms with Crippen molar-refractivity contribution in [2.75, 3.05) is 13.7 Å². The maximum atomic E-state index is 12.6. The molecule has 0 spiro atoms. The molecular formula is C24H26BrNO3. The number of ether oxygens (including phenoxy) is 2. The van der Waals surface area contributed by atoms with Crippen LogP contribution in [0.25, 0.3) is 10.8 Å². The highest BCUT2D eigenvalue weighted by Crippen LogP contribution is 2.33. The van der Waals surface area contributed by atoms with Gasteiger partial charge in [0.1, 0.15) is 11.5 Å². The first kappa shape index (κ1) is 21.2. The first-order valence-corrected chi connectivity index (χ1v) is 10.5. The summed E-state index contributed by atoms with van der Waals surface area (Å²) in [6.45, 7) is 4.25. The topological polar surface area (TPSA) is 47.6 Å². The quantitative estimate of drug-likeness (QED) is 0.460. The molecule has 0 radical (unpaired) electrons. The molecule has 1 amide bonds. The highest BCUT2D eigenvalue weighted by atomic mass is 79.9. The van der Waals surface area contributed by atoms with Gasteiger partial charge in [-0.15, -0.1) is 0 Å². The van der Waals surface area contributed by atoms with Crippen molar-refractivity contribution < 1.29 is 14.3 Å². The second-order valence-electron chi connectivity index (χ2n) is 7.41. The van der Waals surface area contributed by atoms with Gasteiger partial charge in [-0.25, -0.2) is 0 Å². The number of rotatable bonds is 8. The molecule has 3 aromatic rings. The molecule has 152 valence electrons. The molecule has 0 aliphatic heterocycles. The first-order valence-electron chi connectivity index (χ1n) is 9.71. The van der Waals surface area contributed by atoms with Crippen LogP contribution in [0.2, 0.25) is 0 Å². The maximum absolute atomic E-state index is 12.6. The van der Waals surface area contributed by atoms with E-state index in [0.29, 0.717) is 11.7 Å². The van der Waals surface area contributed by atoms with Gasteiger partial charge in [0, 0.05) is 0 Å². The third kappa shape index (κ3) is 5.51. The fraction of sp³-hybridized carbons (Fsp3) is 0.292. The summed E-state index contributed by atoms with van der Waals surface area (Å²) in [5.74, 6) is 1.75. The molecule has 0 aliphatic rings. The Kier molecular flexibility index (Phi) is 7.15. The fourth-order valence-electron chi connectivity index (χ4n) is 3.29. The predicted molar refractivity (Wildman–Crippen MR) is 120 cm³/mol. The molecule has 3 rings (SSSR count). The zero-order valence-electron chi connectivity index (χ0n) is 16.9. The molecule has 1 atom stereocenters. The van der Waals surface area contributed by atoms with Gasteiger partial charge in [-0.05, 0) is 62.8 Å². The standard InChI is InChI=1S/C24H26BrNO3/c1-16(2)14-21(18-8-11-19(28-3)12-9-18)26-23(27)15-29-22-13-10-17-6-4-5-7-20(17)24(22)25/h4-13,16,21H,14-15H2,1-3H3,(H,26,27). The largest absolute Gasteiger partial charge is 0.497 e. The molecule has 1 N–H and O–H groups in total. The molecule has 29 heavy (non-hydrogen) atoms. The lowest BCUT2D eigenvalue weighted by molar-refractivity contribution is -0.124. The van der Waals surface area contributed by atoms with Gasteiger partial charge in [-0.3, -0.25) is 4.79 Å². The number of amides is 1. The fourth-order valence-corrected chi connectivity index (χ4v) is 3.90. The number of benzene rings is 3. The van der Waals surface area contributed by atoms with Crippen LogP contribution in [0.5, 0.6) is 11.5 Å². The molecule has 0 saturated carbocycles. The van der Waals surface area contributed by atoms with E-state index in [9.17, 15) is 4.79 Å². The van der Waals surface area contributed by atoms with Crippen molar-refractivity contribution in [3.63, 3.8) is 0 Å². The van der Waals surface area contributed by atoms with E-state index in [0.717, 1.165) is 33.0 Å². The number of halogens is 1. The molecule has 0 heterocycles. The third-order valence-corrected chi connectivity index (χ3v) is 5.57. The average Bonchev–Trinajstić information content (AvgIpc) is 2.73. The van der Waals surface area contributed by atoms with Gasteiger partial charge in [0.25, 0.3) is 5.91 Å². The van der Waals surface area contributed by atoms with Crippen molar-refractivity contribution >= 4 is 32.6 Å². The summed E-state index contributed by atoms with van der Waals surface area (Å²) < 4.78 is 11.9. The SMILES string of the molecule is COc1ccc(C(CC(C)C)NC(=O)COc2ccc3ccccc3c2Br)cc1. The lowest BCUT2D eigenvalue weighted by Gasteiger charge is -2.21. The number of hydrogen-bond acceptors (Lipinski definition) is 3. The number of methoxy groups -OCH3 is 1. The van der Waals surface area contributed by atoms with Gasteiger partial charge in [0.05, 0.1) is 17.6 Å². The second-order valence-corrected chi connectivity index (χ2v) is 8.20. The van der Waals surface area contributed by atoms with Crippen LogP contribution in [0.15, 0.2) is 65.1 Å². The normalized spacial score (nSPS) is 12.0. The van der Waals surface area contributed by atoms with E-state index in [1.165, 1.54) is 0 Å². The number of hydrogen-bond donors (Lipinski definition) is 1. The molecular weight excluding hydrogens is 430 g/mol. The van der Waals surface area contributed by atoms with Crippen LogP contribution in [0.1, 0.15) is 31.9 Å². The van der Waals surface area contributed by atoms with Crippen LogP contribution in [0, 0.1) is 5.92 Å². The minimum atomic E-state index is -0.147. The molecule has 0 bridgehead atoms. The van der Waals surface area contributed by atoms with E-state index >= 15 is 0 Å². The lowest BCUT2D eigenvalue weighted by atomic mass is 9.97. The van der Waals surface area contributed by atoms with Crippen LogP contribution in [-0.4, -0.2) is 19.6 Å². The Hall–Kier alpha value is -2.53. The van der Waals surface area contributed by atoms with E-state index in [1.54, 1.807) is 7.11 Å². The monoisotopic (exact) mass is 455 g/mol. The minimum Gasteiger partial charge on any atom is -0.497 e. The number of carbonyl (C=O) groups is 1. The van der Waals surface area contributed by atoms with Crippen LogP contribution in [0.4, 0.5) is 0 Å². The van der Waals surface area contributed by atoms with E-state index in [1.807, 2.05) is 60.7 Å². The molecule has 0 fully saturated rings. The maximum Gasteiger partial charge on any atom is 0.258 e. The Morgan fingerprint density at radius 3 is 2.45 bits per heavy atom. The Morgan fingerprint density at radius 1 is 1.03 bits per heavy atom. The van der Waals surface area contributed by atoms with Crippen LogP contribution in [0.3, 0.4) is 0 Å². The number of carbonyl (C=O) groups excluding carboxylic acids is 1. The average molecular weight is 456 g/mol. The first-order chi connectivity index (χ1) is 14.0. The molecule has 3 aromatic carbocycles. The minimum absolute atomic E-state index is 0.0400. The van der Waals surface area contributed by atoms with Crippen molar-refractivity contribution in [3.05, 3.63) is 70.7 Å². The van der Waals surface area contributed by atoms with Gasteiger partial charge in [-0.1, -0.05) is 56.3 Å². The second kappa shape index (κ2) is 9.79. The Labute approximate surface area is 180 Å². The molecule has 0 aromatic heterocycles. The highest BCUT2D eigenvalue weighted by Gasteiger charge is 2.17. The van der Waals surface area contributed by atoms with Gasteiger partial charge in [0.2, 0.25) is 0 Å². The van der Waals surface area contributed by atoms with Crippen molar-refractivity contribution in [1.29, 1.82) is 0 Å². The van der Waals surface area contributed by atoms with E-state index in [-0.39, 0.29) is 18.6 Å². The van der Waals surface area contributed by atoms with E-state index < -0.39 is 0 Å². The molecule has 0 aliphatic carbocycles. The zero-order valence-corrected chi connectivity index (χ0v) is 18.5. The van der Waals surface area contributed by atoms with Gasteiger partial charge >= 0.3 is 0 Å². The van der Waals surface area contributed by atoms with Crippen molar-refractivity contribution in [2.24, 2.45) is 5.92 Å². The molecule has 5 heteroatoms. The Balaban J connectivity index is 1.67. The van der Waals surface area contributed by atoms with Crippen molar-refractivity contribution in [3.8, 4) is 11.5 Å². The summed E-state index contributed by atoms with van der Waals surface area (Å²) in [6.07, 6.45) is 0.845. The summed E-state index contributed by atoms with van der Waals surface area (Å²) in [6, 6.07) is 19.7. The van der Waals surface area contributed by atoms with Gasteiger partial charge < -0.3 is 14.8 Å².